The normalized spacial score (nSPS) is 23.4. The zero-order valence-corrected chi connectivity index (χ0v) is 21.7. The predicted molar refractivity (Wildman–Crippen MR) is 145 cm³/mol. The molecule has 4 rings (SSSR count). The molecule has 0 saturated heterocycles. The van der Waals surface area contributed by atoms with Crippen molar-refractivity contribution in [3.05, 3.63) is 91.2 Å². The minimum Gasteiger partial charge on any atom is -0.399 e. The Hall–Kier alpha value is -3.38. The monoisotopic (exact) mass is 532 g/mol. The van der Waals surface area contributed by atoms with E-state index in [0.717, 1.165) is 23.3 Å². The molecule has 2 aliphatic heterocycles. The summed E-state index contributed by atoms with van der Waals surface area (Å²) < 4.78 is 27.9. The van der Waals surface area contributed by atoms with Crippen LogP contribution in [0.5, 0.6) is 0 Å². The maximum Gasteiger partial charge on any atom is 0.270 e. The summed E-state index contributed by atoms with van der Waals surface area (Å²) in [5.41, 5.74) is 18.0. The molecule has 2 aromatic carbocycles. The molecule has 0 fully saturated rings. The summed E-state index contributed by atoms with van der Waals surface area (Å²) in [5.74, 6) is -0.859. The number of thioether (sulfide) groups is 2. The summed E-state index contributed by atoms with van der Waals surface area (Å²) in [7, 11) is 0. The first-order chi connectivity index (χ1) is 16.8. The summed E-state index contributed by atoms with van der Waals surface area (Å²) in [4.78, 5) is 18.9. The minimum atomic E-state index is -1.01. The van der Waals surface area contributed by atoms with Crippen molar-refractivity contribution in [1.82, 2.24) is 0 Å². The molecule has 2 aromatic rings. The Labute approximate surface area is 216 Å². The van der Waals surface area contributed by atoms with Gasteiger partial charge in [-0.15, -0.1) is 0 Å². The van der Waals surface area contributed by atoms with E-state index in [1.165, 1.54) is 41.7 Å². The Morgan fingerprint density at radius 3 is 1.75 bits per heavy atom. The van der Waals surface area contributed by atoms with E-state index in [4.69, 9.17) is 17.2 Å². The molecule has 0 radical (unpaired) electrons. The standard InChI is InChI=1S/C12H12FN3O2S.C12H14FN3S/c1-7-6-19-11(14)15-12(7,2)9-5-8(16(17)18)3-4-10(9)13;1-7-6-17-11(15)16-12(7,2)9-5-8(14)3-4-10(9)13/h3-6H,1-2H3,(H2,14,15);3-6H,14H2,1-2H3,(H2,15,16)/t2*12-/m00/s1. The van der Waals surface area contributed by atoms with Gasteiger partial charge in [-0.05, 0) is 73.9 Å². The average molecular weight is 533 g/mol. The van der Waals surface area contributed by atoms with Crippen LogP contribution in [0.2, 0.25) is 0 Å². The van der Waals surface area contributed by atoms with Crippen LogP contribution < -0.4 is 17.2 Å². The highest BCUT2D eigenvalue weighted by Crippen LogP contribution is 2.41. The molecule has 8 nitrogen and oxygen atoms in total. The molecule has 0 spiro atoms. The van der Waals surface area contributed by atoms with Crippen molar-refractivity contribution in [2.75, 3.05) is 5.73 Å². The fourth-order valence-electron chi connectivity index (χ4n) is 3.66. The summed E-state index contributed by atoms with van der Waals surface area (Å²) in [6, 6.07) is 7.92. The molecule has 12 heteroatoms. The number of rotatable bonds is 3. The largest absolute Gasteiger partial charge is 0.399 e. The molecular formula is C24H26F2N6O2S2. The first kappa shape index (κ1) is 27.2. The molecule has 2 aliphatic rings. The highest BCUT2D eigenvalue weighted by atomic mass is 32.2. The van der Waals surface area contributed by atoms with Gasteiger partial charge in [0.1, 0.15) is 22.7 Å². The third-order valence-corrected chi connectivity index (χ3v) is 7.72. The van der Waals surface area contributed by atoms with E-state index in [0.29, 0.717) is 21.6 Å². The molecule has 6 N–H and O–H groups in total. The SMILES string of the molecule is CC1=CSC(N)=N[C@]1(C)c1cc(N)ccc1F.CC1=CSC(N)=N[C@]1(C)c1cc([N+](=O)[O-])ccc1F. The second-order valence-electron chi connectivity index (χ2n) is 8.54. The lowest BCUT2D eigenvalue weighted by Crippen LogP contribution is -2.28. The fourth-order valence-corrected chi connectivity index (χ4v) is 5.18. The Kier molecular flexibility index (Phi) is 7.79. The lowest BCUT2D eigenvalue weighted by Gasteiger charge is -2.30. The van der Waals surface area contributed by atoms with Gasteiger partial charge in [0, 0.05) is 28.9 Å². The molecule has 2 atom stereocenters. The van der Waals surface area contributed by atoms with Crippen LogP contribution in [0, 0.1) is 21.7 Å². The number of nitro benzene ring substituents is 1. The van der Waals surface area contributed by atoms with Crippen LogP contribution in [-0.2, 0) is 11.1 Å². The van der Waals surface area contributed by atoms with Gasteiger partial charge >= 0.3 is 0 Å². The van der Waals surface area contributed by atoms with Crippen molar-refractivity contribution < 1.29 is 13.7 Å². The number of aliphatic imine (C=N–C) groups is 2. The Bertz CT molecular complexity index is 1340. The molecule has 2 heterocycles. The lowest BCUT2D eigenvalue weighted by molar-refractivity contribution is -0.385. The first-order valence-corrected chi connectivity index (χ1v) is 12.4. The predicted octanol–water partition coefficient (Wildman–Crippen LogP) is 5.50. The molecule has 0 aromatic heterocycles. The number of nitrogens with two attached hydrogens (primary N) is 3. The Morgan fingerprint density at radius 2 is 1.28 bits per heavy atom. The van der Waals surface area contributed by atoms with Crippen molar-refractivity contribution in [2.45, 2.75) is 38.8 Å². The van der Waals surface area contributed by atoms with E-state index in [9.17, 15) is 18.9 Å². The van der Waals surface area contributed by atoms with Crippen LogP contribution in [0.3, 0.4) is 0 Å². The number of halogens is 2. The molecule has 0 saturated carbocycles. The van der Waals surface area contributed by atoms with Crippen LogP contribution in [0.4, 0.5) is 20.2 Å². The summed E-state index contributed by atoms with van der Waals surface area (Å²) >= 11 is 2.59. The van der Waals surface area contributed by atoms with E-state index >= 15 is 0 Å². The highest BCUT2D eigenvalue weighted by molar-refractivity contribution is 8.16. The average Bonchev–Trinajstić information content (AvgIpc) is 2.81. The van der Waals surface area contributed by atoms with Gasteiger partial charge in [-0.1, -0.05) is 23.5 Å². The second-order valence-corrected chi connectivity index (χ2v) is 10.3. The molecular weight excluding hydrogens is 506 g/mol. The van der Waals surface area contributed by atoms with E-state index in [1.54, 1.807) is 25.3 Å². The van der Waals surface area contributed by atoms with Crippen molar-refractivity contribution in [1.29, 1.82) is 0 Å². The third kappa shape index (κ3) is 5.39. The Balaban J connectivity index is 0.000000202. The smallest absolute Gasteiger partial charge is 0.270 e. The van der Waals surface area contributed by atoms with Crippen molar-refractivity contribution in [3.63, 3.8) is 0 Å². The van der Waals surface area contributed by atoms with Gasteiger partial charge in [0.25, 0.3) is 5.69 Å². The number of nitrogen functional groups attached to an aromatic ring is 1. The summed E-state index contributed by atoms with van der Waals surface area (Å²) in [6.07, 6.45) is 0. The zero-order chi connectivity index (χ0) is 26.8. The highest BCUT2D eigenvalue weighted by Gasteiger charge is 2.35. The van der Waals surface area contributed by atoms with Crippen molar-refractivity contribution >= 4 is 45.2 Å². The number of hydrogen-bond donors (Lipinski definition) is 3. The maximum absolute atomic E-state index is 14.0. The molecule has 0 bridgehead atoms. The number of nitrogens with zero attached hydrogens (tertiary/aromatic N) is 3. The number of amidine groups is 2. The number of anilines is 1. The second kappa shape index (κ2) is 10.3. The third-order valence-electron chi connectivity index (χ3n) is 6.12. The molecule has 0 amide bonds. The van der Waals surface area contributed by atoms with Crippen LogP contribution in [0.15, 0.2) is 68.3 Å². The quantitative estimate of drug-likeness (QED) is 0.269. The Morgan fingerprint density at radius 1 is 0.833 bits per heavy atom. The van der Waals surface area contributed by atoms with Gasteiger partial charge in [0.2, 0.25) is 0 Å². The number of benzene rings is 2. The maximum atomic E-state index is 14.0. The number of non-ortho nitro benzene ring substituents is 1. The van der Waals surface area contributed by atoms with Gasteiger partial charge in [0.15, 0.2) is 10.3 Å². The van der Waals surface area contributed by atoms with E-state index in [2.05, 4.69) is 9.98 Å². The van der Waals surface area contributed by atoms with Gasteiger partial charge < -0.3 is 17.2 Å². The molecule has 0 aliphatic carbocycles. The number of nitro groups is 1. The van der Waals surface area contributed by atoms with E-state index in [1.807, 2.05) is 19.3 Å². The summed E-state index contributed by atoms with van der Waals surface area (Å²) in [5, 5.41) is 15.2. The van der Waals surface area contributed by atoms with Crippen LogP contribution in [-0.4, -0.2) is 15.3 Å². The molecule has 0 unspecified atom stereocenters. The number of hydrogen-bond acceptors (Lipinski definition) is 9. The van der Waals surface area contributed by atoms with E-state index < -0.39 is 21.8 Å². The lowest BCUT2D eigenvalue weighted by atomic mass is 9.86. The summed E-state index contributed by atoms with van der Waals surface area (Å²) in [6.45, 7) is 7.23. The fraction of sp³-hybridized carbons (Fsp3) is 0.250. The molecule has 36 heavy (non-hydrogen) atoms. The van der Waals surface area contributed by atoms with E-state index in [-0.39, 0.29) is 17.1 Å². The van der Waals surface area contributed by atoms with Gasteiger partial charge in [-0.3, -0.25) is 10.1 Å². The minimum absolute atomic E-state index is 0.152. The van der Waals surface area contributed by atoms with Gasteiger partial charge in [0.05, 0.1) is 4.92 Å². The zero-order valence-electron chi connectivity index (χ0n) is 20.1. The van der Waals surface area contributed by atoms with Crippen LogP contribution >= 0.6 is 23.5 Å². The van der Waals surface area contributed by atoms with Crippen LogP contribution in [0.1, 0.15) is 38.8 Å². The molecule has 190 valence electrons. The van der Waals surface area contributed by atoms with Crippen molar-refractivity contribution in [3.8, 4) is 0 Å². The van der Waals surface area contributed by atoms with Gasteiger partial charge in [-0.2, -0.15) is 0 Å². The van der Waals surface area contributed by atoms with Crippen LogP contribution in [0.25, 0.3) is 0 Å². The van der Waals surface area contributed by atoms with Crippen molar-refractivity contribution in [2.24, 2.45) is 21.5 Å². The van der Waals surface area contributed by atoms with Gasteiger partial charge in [-0.25, -0.2) is 18.8 Å². The topological polar surface area (TPSA) is 146 Å². The first-order valence-electron chi connectivity index (χ1n) is 10.7.